The highest BCUT2D eigenvalue weighted by Crippen LogP contribution is 2.25. The van der Waals surface area contributed by atoms with E-state index >= 15 is 0 Å². The number of benzene rings is 2. The Balaban J connectivity index is 2.20. The molecule has 90 valence electrons. The van der Waals surface area contributed by atoms with Crippen molar-refractivity contribution in [1.29, 1.82) is 5.26 Å². The van der Waals surface area contributed by atoms with E-state index in [4.69, 9.17) is 0 Å². The average Bonchev–Trinajstić information content (AvgIpc) is 2.97. The first-order valence-corrected chi connectivity index (χ1v) is 6.12. The molecule has 2 heteroatoms. The zero-order valence-corrected chi connectivity index (χ0v) is 10.3. The van der Waals surface area contributed by atoms with Gasteiger partial charge in [0.25, 0.3) is 0 Å². The summed E-state index contributed by atoms with van der Waals surface area (Å²) in [5.41, 5.74) is 2.57. The molecular formula is C17H12N2. The minimum Gasteiger partial charge on any atom is -0.362 e. The van der Waals surface area contributed by atoms with Crippen LogP contribution >= 0.6 is 0 Å². The molecule has 2 aromatic carbocycles. The third-order valence-electron chi connectivity index (χ3n) is 3.12. The number of nitrogens with one attached hydrogen (secondary N) is 1. The lowest BCUT2D eigenvalue weighted by Crippen LogP contribution is -1.85. The summed E-state index contributed by atoms with van der Waals surface area (Å²) in [5, 5.41) is 11.7. The molecule has 0 fully saturated rings. The van der Waals surface area contributed by atoms with Crippen molar-refractivity contribution in [1.82, 2.24) is 4.98 Å². The lowest BCUT2D eigenvalue weighted by atomic mass is 9.98. The Kier molecular flexibility index (Phi) is 2.88. The Hall–Kier alpha value is -2.79. The minimum atomic E-state index is 0.666. The fraction of sp³-hybridized carbons (Fsp3) is 0. The van der Waals surface area contributed by atoms with Gasteiger partial charge in [0.05, 0.1) is 11.6 Å². The van der Waals surface area contributed by atoms with Crippen LogP contribution in [-0.2, 0) is 0 Å². The summed E-state index contributed by atoms with van der Waals surface area (Å²) >= 11 is 0. The van der Waals surface area contributed by atoms with Crippen molar-refractivity contribution < 1.29 is 0 Å². The van der Waals surface area contributed by atoms with E-state index in [1.165, 1.54) is 0 Å². The number of hydrogen-bond donors (Lipinski definition) is 1. The Bertz CT molecular complexity index is 769. The molecule has 0 atom stereocenters. The van der Waals surface area contributed by atoms with Gasteiger partial charge in [-0.1, -0.05) is 42.5 Å². The Labute approximate surface area is 111 Å². The van der Waals surface area contributed by atoms with Gasteiger partial charge < -0.3 is 4.98 Å². The van der Waals surface area contributed by atoms with E-state index in [2.05, 4.69) is 23.2 Å². The molecule has 0 aliphatic heterocycles. The number of rotatable bonds is 2. The molecule has 1 N–H and O–H groups in total. The normalized spacial score (nSPS) is 11.4. The number of aromatic nitrogens is 1. The predicted molar refractivity (Wildman–Crippen MR) is 78.2 cm³/mol. The molecule has 2 nitrogen and oxygen atoms in total. The summed E-state index contributed by atoms with van der Waals surface area (Å²) in [7, 11) is 0. The molecule has 0 amide bonds. The van der Waals surface area contributed by atoms with Crippen LogP contribution in [0.25, 0.3) is 22.4 Å². The Morgan fingerprint density at radius 3 is 2.63 bits per heavy atom. The third-order valence-corrected chi connectivity index (χ3v) is 3.12. The first-order valence-electron chi connectivity index (χ1n) is 6.12. The van der Waals surface area contributed by atoms with Gasteiger partial charge >= 0.3 is 0 Å². The number of allylic oxidation sites excluding steroid dienone is 1. The number of H-pyrrole nitrogens is 1. The molecule has 0 saturated heterocycles. The summed E-state index contributed by atoms with van der Waals surface area (Å²) in [4.78, 5) is 3.09. The van der Waals surface area contributed by atoms with E-state index in [-0.39, 0.29) is 0 Å². The van der Waals surface area contributed by atoms with Crippen LogP contribution in [0, 0.1) is 11.3 Å². The van der Waals surface area contributed by atoms with Gasteiger partial charge in [-0.3, -0.25) is 0 Å². The van der Waals surface area contributed by atoms with Crippen LogP contribution in [0.2, 0.25) is 0 Å². The van der Waals surface area contributed by atoms with Gasteiger partial charge in [-0.15, -0.1) is 0 Å². The fourth-order valence-corrected chi connectivity index (χ4v) is 2.22. The highest BCUT2D eigenvalue weighted by atomic mass is 14.7. The smallest absolute Gasteiger partial charge is 0.0998 e. The van der Waals surface area contributed by atoms with Crippen LogP contribution in [-0.4, -0.2) is 4.98 Å². The molecule has 0 radical (unpaired) electrons. The predicted octanol–water partition coefficient (Wildman–Crippen LogP) is 4.23. The van der Waals surface area contributed by atoms with Crippen molar-refractivity contribution in [2.45, 2.75) is 0 Å². The van der Waals surface area contributed by atoms with Gasteiger partial charge in [0.15, 0.2) is 0 Å². The number of nitrogens with zero attached hydrogens (tertiary/aromatic N) is 1. The SMILES string of the molecule is N#CC(=Cc1ccc[nH]1)c1cccc2ccccc12. The topological polar surface area (TPSA) is 39.6 Å². The van der Waals surface area contributed by atoms with Crippen LogP contribution in [0.5, 0.6) is 0 Å². The van der Waals surface area contributed by atoms with Crippen molar-refractivity contribution >= 4 is 22.4 Å². The minimum absolute atomic E-state index is 0.666. The molecule has 3 rings (SSSR count). The van der Waals surface area contributed by atoms with Gasteiger partial charge in [-0.2, -0.15) is 5.26 Å². The van der Waals surface area contributed by atoms with Crippen molar-refractivity contribution in [2.75, 3.05) is 0 Å². The van der Waals surface area contributed by atoms with E-state index in [0.717, 1.165) is 22.0 Å². The quantitative estimate of drug-likeness (QED) is 0.673. The second-order valence-corrected chi connectivity index (χ2v) is 4.32. The first kappa shape index (κ1) is 11.3. The van der Waals surface area contributed by atoms with E-state index in [1.807, 2.05) is 54.7 Å². The van der Waals surface area contributed by atoms with Crippen LogP contribution in [0.15, 0.2) is 60.8 Å². The number of aromatic amines is 1. The van der Waals surface area contributed by atoms with Crippen LogP contribution in [0.1, 0.15) is 11.3 Å². The molecule has 0 unspecified atom stereocenters. The van der Waals surface area contributed by atoms with Crippen molar-refractivity contribution in [3.8, 4) is 6.07 Å². The molecule has 1 aromatic heterocycles. The van der Waals surface area contributed by atoms with Gasteiger partial charge in [-0.25, -0.2) is 0 Å². The van der Waals surface area contributed by atoms with Crippen molar-refractivity contribution in [3.05, 3.63) is 72.1 Å². The lowest BCUT2D eigenvalue weighted by Gasteiger charge is -2.05. The Morgan fingerprint density at radius 2 is 1.84 bits per heavy atom. The molecular weight excluding hydrogens is 232 g/mol. The maximum atomic E-state index is 9.41. The second kappa shape index (κ2) is 4.83. The summed E-state index contributed by atoms with van der Waals surface area (Å²) in [5.74, 6) is 0. The maximum absolute atomic E-state index is 9.41. The second-order valence-electron chi connectivity index (χ2n) is 4.32. The van der Waals surface area contributed by atoms with E-state index in [1.54, 1.807) is 0 Å². The summed E-state index contributed by atoms with van der Waals surface area (Å²) in [6.07, 6.45) is 3.73. The number of fused-ring (bicyclic) bond motifs is 1. The molecule has 19 heavy (non-hydrogen) atoms. The maximum Gasteiger partial charge on any atom is 0.0998 e. The zero-order chi connectivity index (χ0) is 13.1. The van der Waals surface area contributed by atoms with Gasteiger partial charge in [0.2, 0.25) is 0 Å². The van der Waals surface area contributed by atoms with Crippen molar-refractivity contribution in [3.63, 3.8) is 0 Å². The average molecular weight is 244 g/mol. The summed E-state index contributed by atoms with van der Waals surface area (Å²) < 4.78 is 0. The molecule has 0 bridgehead atoms. The standard InChI is InChI=1S/C17H12N2/c18-12-14(11-15-7-4-10-19-15)17-9-3-6-13-5-1-2-8-16(13)17/h1-11,19H. The van der Waals surface area contributed by atoms with E-state index in [0.29, 0.717) is 5.57 Å². The molecule has 3 aromatic rings. The fourth-order valence-electron chi connectivity index (χ4n) is 2.22. The highest BCUT2D eigenvalue weighted by molar-refractivity contribution is 6.01. The Morgan fingerprint density at radius 1 is 1.00 bits per heavy atom. The van der Waals surface area contributed by atoms with Gasteiger partial charge in [0.1, 0.15) is 0 Å². The molecule has 1 heterocycles. The zero-order valence-electron chi connectivity index (χ0n) is 10.3. The lowest BCUT2D eigenvalue weighted by molar-refractivity contribution is 1.38. The number of nitriles is 1. The molecule has 0 saturated carbocycles. The van der Waals surface area contributed by atoms with Crippen LogP contribution < -0.4 is 0 Å². The molecule has 0 spiro atoms. The van der Waals surface area contributed by atoms with Crippen LogP contribution in [0.3, 0.4) is 0 Å². The van der Waals surface area contributed by atoms with E-state index in [9.17, 15) is 5.26 Å². The van der Waals surface area contributed by atoms with Crippen molar-refractivity contribution in [2.24, 2.45) is 0 Å². The van der Waals surface area contributed by atoms with Gasteiger partial charge in [-0.05, 0) is 29.0 Å². The van der Waals surface area contributed by atoms with Crippen LogP contribution in [0.4, 0.5) is 0 Å². The summed E-state index contributed by atoms with van der Waals surface area (Å²) in [6, 6.07) is 20.3. The number of hydrogen-bond acceptors (Lipinski definition) is 1. The van der Waals surface area contributed by atoms with Gasteiger partial charge in [0, 0.05) is 17.5 Å². The molecule has 0 aliphatic rings. The summed E-state index contributed by atoms with van der Waals surface area (Å²) in [6.45, 7) is 0. The first-order chi connectivity index (χ1) is 9.38. The third kappa shape index (κ3) is 2.14. The largest absolute Gasteiger partial charge is 0.362 e. The highest BCUT2D eigenvalue weighted by Gasteiger charge is 2.05. The monoisotopic (exact) mass is 244 g/mol. The van der Waals surface area contributed by atoms with E-state index < -0.39 is 0 Å². The molecule has 0 aliphatic carbocycles.